The lowest BCUT2D eigenvalue weighted by Gasteiger charge is -2.20. The number of aliphatic hydroxyl groups excluding tert-OH is 2. The molecule has 19 heavy (non-hydrogen) atoms. The van der Waals surface area contributed by atoms with Crippen molar-refractivity contribution in [1.82, 2.24) is 0 Å². The van der Waals surface area contributed by atoms with Gasteiger partial charge in [-0.3, -0.25) is 5.32 Å². The van der Waals surface area contributed by atoms with Crippen molar-refractivity contribution in [3.63, 3.8) is 0 Å². The number of aliphatic hydroxyl groups is 2. The van der Waals surface area contributed by atoms with Gasteiger partial charge in [0, 0.05) is 11.6 Å². The lowest BCUT2D eigenvalue weighted by atomic mass is 10.0. The van der Waals surface area contributed by atoms with E-state index in [1.54, 1.807) is 45.0 Å². The van der Waals surface area contributed by atoms with E-state index in [9.17, 15) is 4.79 Å². The molecule has 5 nitrogen and oxygen atoms in total. The Morgan fingerprint density at radius 2 is 1.74 bits per heavy atom. The number of anilines is 1. The van der Waals surface area contributed by atoms with Crippen molar-refractivity contribution in [3.8, 4) is 0 Å². The van der Waals surface area contributed by atoms with E-state index < -0.39 is 11.7 Å². The lowest BCUT2D eigenvalue weighted by molar-refractivity contribution is 0.0636. The summed E-state index contributed by atoms with van der Waals surface area (Å²) in [5.74, 6) is -0.296. The van der Waals surface area contributed by atoms with Gasteiger partial charge >= 0.3 is 6.09 Å². The van der Waals surface area contributed by atoms with Crippen LogP contribution in [0.15, 0.2) is 24.3 Å². The van der Waals surface area contributed by atoms with E-state index in [4.69, 9.17) is 14.9 Å². The Balaban J connectivity index is 2.64. The third kappa shape index (κ3) is 5.28. The lowest BCUT2D eigenvalue weighted by Crippen LogP contribution is -2.27. The highest BCUT2D eigenvalue weighted by Gasteiger charge is 2.16. The number of nitrogens with one attached hydrogen (secondary N) is 1. The Morgan fingerprint density at radius 3 is 2.16 bits per heavy atom. The second-order valence-electron chi connectivity index (χ2n) is 5.31. The summed E-state index contributed by atoms with van der Waals surface area (Å²) >= 11 is 0. The van der Waals surface area contributed by atoms with Crippen LogP contribution in [0, 0.1) is 0 Å². The molecule has 0 spiro atoms. The third-order valence-electron chi connectivity index (χ3n) is 2.47. The van der Waals surface area contributed by atoms with E-state index in [0.29, 0.717) is 5.69 Å². The van der Waals surface area contributed by atoms with Crippen LogP contribution in [-0.2, 0) is 4.74 Å². The van der Waals surface area contributed by atoms with Gasteiger partial charge in [-0.1, -0.05) is 12.1 Å². The van der Waals surface area contributed by atoms with Crippen LogP contribution in [0.5, 0.6) is 0 Å². The Kier molecular flexibility index (Phi) is 5.32. The van der Waals surface area contributed by atoms with Crippen LogP contribution >= 0.6 is 0 Å². The Labute approximate surface area is 113 Å². The summed E-state index contributed by atoms with van der Waals surface area (Å²) in [5.41, 5.74) is 0.885. The first-order valence-electron chi connectivity index (χ1n) is 6.17. The van der Waals surface area contributed by atoms with Crippen LogP contribution in [0.2, 0.25) is 0 Å². The number of amides is 1. The zero-order valence-electron chi connectivity index (χ0n) is 11.5. The second kappa shape index (κ2) is 6.54. The minimum atomic E-state index is -0.539. The minimum Gasteiger partial charge on any atom is -0.444 e. The molecule has 0 saturated heterocycles. The highest BCUT2D eigenvalue weighted by Crippen LogP contribution is 2.18. The largest absolute Gasteiger partial charge is 0.444 e. The number of hydrogen-bond donors (Lipinski definition) is 3. The normalized spacial score (nSPS) is 11.5. The van der Waals surface area contributed by atoms with Crippen LogP contribution in [0.1, 0.15) is 32.3 Å². The summed E-state index contributed by atoms with van der Waals surface area (Å²) < 4.78 is 5.13. The van der Waals surface area contributed by atoms with Crippen LogP contribution in [-0.4, -0.2) is 35.1 Å². The molecule has 1 aromatic rings. The van der Waals surface area contributed by atoms with Crippen LogP contribution < -0.4 is 5.32 Å². The molecule has 0 saturated carbocycles. The molecule has 0 aliphatic heterocycles. The Morgan fingerprint density at radius 1 is 1.21 bits per heavy atom. The SMILES string of the molecule is CC(C)(C)OC(=O)Nc1ccc(C(CO)CO)cc1. The maximum absolute atomic E-state index is 11.5. The van der Waals surface area contributed by atoms with Crippen molar-refractivity contribution in [1.29, 1.82) is 0 Å². The summed E-state index contributed by atoms with van der Waals surface area (Å²) in [6.07, 6.45) is -0.513. The summed E-state index contributed by atoms with van der Waals surface area (Å²) in [5, 5.41) is 20.8. The standard InChI is InChI=1S/C14H21NO4/c1-14(2,3)19-13(18)15-12-6-4-10(5-7-12)11(8-16)9-17/h4-7,11,16-17H,8-9H2,1-3H3,(H,15,18). The molecule has 0 unspecified atom stereocenters. The molecule has 3 N–H and O–H groups in total. The van der Waals surface area contributed by atoms with Crippen LogP contribution in [0.25, 0.3) is 0 Å². The molecule has 0 aromatic heterocycles. The molecule has 0 aliphatic rings. The molecule has 106 valence electrons. The first kappa shape index (κ1) is 15.5. The third-order valence-corrected chi connectivity index (χ3v) is 2.47. The predicted molar refractivity (Wildman–Crippen MR) is 73.2 cm³/mol. The van der Waals surface area contributed by atoms with Gasteiger partial charge in [-0.2, -0.15) is 0 Å². The topological polar surface area (TPSA) is 78.8 Å². The van der Waals surface area contributed by atoms with Gasteiger partial charge in [-0.15, -0.1) is 0 Å². The fourth-order valence-corrected chi connectivity index (χ4v) is 1.53. The minimum absolute atomic E-state index is 0.116. The van der Waals surface area contributed by atoms with Crippen molar-refractivity contribution in [2.75, 3.05) is 18.5 Å². The van der Waals surface area contributed by atoms with E-state index in [1.165, 1.54) is 0 Å². The van der Waals surface area contributed by atoms with Gasteiger partial charge in [0.15, 0.2) is 0 Å². The second-order valence-corrected chi connectivity index (χ2v) is 5.31. The summed E-state index contributed by atoms with van der Waals surface area (Å²) in [6.45, 7) is 5.15. The molecular weight excluding hydrogens is 246 g/mol. The Bertz CT molecular complexity index is 404. The number of rotatable bonds is 4. The highest BCUT2D eigenvalue weighted by molar-refractivity contribution is 5.84. The predicted octanol–water partition coefficient (Wildman–Crippen LogP) is 2.10. The molecule has 0 radical (unpaired) electrons. The molecule has 0 atom stereocenters. The van der Waals surface area contributed by atoms with Crippen molar-refractivity contribution in [2.24, 2.45) is 0 Å². The number of carbonyl (C=O) groups is 1. The van der Waals surface area contributed by atoms with Gasteiger partial charge in [0.25, 0.3) is 0 Å². The summed E-state index contributed by atoms with van der Waals surface area (Å²) in [6, 6.07) is 6.92. The van der Waals surface area contributed by atoms with Crippen LogP contribution in [0.3, 0.4) is 0 Å². The molecule has 5 heteroatoms. The maximum atomic E-state index is 11.5. The highest BCUT2D eigenvalue weighted by atomic mass is 16.6. The molecular formula is C14H21NO4. The zero-order valence-corrected chi connectivity index (χ0v) is 11.5. The van der Waals surface area contributed by atoms with Crippen molar-refractivity contribution < 1.29 is 19.7 Å². The van der Waals surface area contributed by atoms with Gasteiger partial charge in [0.1, 0.15) is 5.60 Å². The van der Waals surface area contributed by atoms with Crippen LogP contribution in [0.4, 0.5) is 10.5 Å². The number of benzene rings is 1. The van der Waals surface area contributed by atoms with E-state index in [2.05, 4.69) is 5.32 Å². The molecule has 1 amide bonds. The Hall–Kier alpha value is -1.59. The summed E-state index contributed by atoms with van der Waals surface area (Å²) in [7, 11) is 0. The van der Waals surface area contributed by atoms with Gasteiger partial charge in [0.2, 0.25) is 0 Å². The number of ether oxygens (including phenoxy) is 1. The number of carbonyl (C=O) groups excluding carboxylic acids is 1. The van der Waals surface area contributed by atoms with Crippen molar-refractivity contribution in [3.05, 3.63) is 29.8 Å². The smallest absolute Gasteiger partial charge is 0.412 e. The molecule has 0 aliphatic carbocycles. The summed E-state index contributed by atoms with van der Waals surface area (Å²) in [4.78, 5) is 11.5. The fourth-order valence-electron chi connectivity index (χ4n) is 1.53. The quantitative estimate of drug-likeness (QED) is 0.780. The zero-order chi connectivity index (χ0) is 14.5. The van der Waals surface area contributed by atoms with E-state index in [0.717, 1.165) is 5.56 Å². The van der Waals surface area contributed by atoms with Crippen molar-refractivity contribution >= 4 is 11.8 Å². The fraction of sp³-hybridized carbons (Fsp3) is 0.500. The first-order valence-corrected chi connectivity index (χ1v) is 6.17. The first-order chi connectivity index (χ1) is 8.85. The molecule has 1 rings (SSSR count). The molecule has 1 aromatic carbocycles. The monoisotopic (exact) mass is 267 g/mol. The van der Waals surface area contributed by atoms with Gasteiger partial charge in [-0.25, -0.2) is 4.79 Å². The van der Waals surface area contributed by atoms with Gasteiger partial charge in [0.05, 0.1) is 13.2 Å². The molecule has 0 fully saturated rings. The average molecular weight is 267 g/mol. The van der Waals surface area contributed by atoms with Gasteiger partial charge in [-0.05, 0) is 38.5 Å². The molecule has 0 heterocycles. The van der Waals surface area contributed by atoms with Gasteiger partial charge < -0.3 is 14.9 Å². The average Bonchev–Trinajstić information content (AvgIpc) is 2.30. The van der Waals surface area contributed by atoms with E-state index in [1.807, 2.05) is 0 Å². The van der Waals surface area contributed by atoms with E-state index >= 15 is 0 Å². The number of hydrogen-bond acceptors (Lipinski definition) is 4. The molecule has 0 bridgehead atoms. The van der Waals surface area contributed by atoms with E-state index in [-0.39, 0.29) is 19.1 Å². The maximum Gasteiger partial charge on any atom is 0.412 e. The van der Waals surface area contributed by atoms with Crippen molar-refractivity contribution in [2.45, 2.75) is 32.3 Å².